The highest BCUT2D eigenvalue weighted by Gasteiger charge is 2.34. The van der Waals surface area contributed by atoms with Crippen LogP contribution in [0, 0.1) is 0 Å². The third-order valence-corrected chi connectivity index (χ3v) is 6.27. The monoisotopic (exact) mass is 383 g/mol. The predicted octanol–water partition coefficient (Wildman–Crippen LogP) is 3.69. The summed E-state index contributed by atoms with van der Waals surface area (Å²) in [6, 6.07) is 7.39. The molecule has 0 amide bonds. The maximum Gasteiger partial charge on any atom is 0.269 e. The van der Waals surface area contributed by atoms with Gasteiger partial charge in [0.1, 0.15) is 0 Å². The predicted molar refractivity (Wildman–Crippen MR) is 106 cm³/mol. The molecule has 2 aromatic rings. The van der Waals surface area contributed by atoms with E-state index in [1.165, 1.54) is 0 Å². The molecule has 1 saturated heterocycles. The Labute approximate surface area is 159 Å². The van der Waals surface area contributed by atoms with E-state index in [9.17, 15) is 9.36 Å². The van der Waals surface area contributed by atoms with Gasteiger partial charge in [-0.25, -0.2) is 4.67 Å². The molecular weight excluding hydrogens is 361 g/mol. The minimum Gasteiger partial charge on any atom is -0.318 e. The lowest BCUT2D eigenvalue weighted by molar-refractivity contribution is -0.113. The highest BCUT2D eigenvalue weighted by molar-refractivity contribution is 7.55. The smallest absolute Gasteiger partial charge is 0.269 e. The fourth-order valence-corrected chi connectivity index (χ4v) is 4.39. The third kappa shape index (κ3) is 4.86. The van der Waals surface area contributed by atoms with Gasteiger partial charge in [0.2, 0.25) is 0 Å². The van der Waals surface area contributed by atoms with Crippen LogP contribution in [0.15, 0.2) is 60.2 Å². The molecule has 0 aliphatic carbocycles. The lowest BCUT2D eigenvalue weighted by Gasteiger charge is -2.33. The molecule has 2 aromatic heterocycles. The van der Waals surface area contributed by atoms with Crippen molar-refractivity contribution in [3.05, 3.63) is 71.3 Å². The second kappa shape index (κ2) is 8.53. The van der Waals surface area contributed by atoms with E-state index < -0.39 is 7.52 Å². The molecule has 140 valence electrons. The summed E-state index contributed by atoms with van der Waals surface area (Å²) in [7, 11) is -3.01. The molecule has 0 spiro atoms. The molecule has 3 heterocycles. The maximum absolute atomic E-state index is 13.0. The van der Waals surface area contributed by atoms with Crippen molar-refractivity contribution in [2.24, 2.45) is 0 Å². The van der Waals surface area contributed by atoms with Gasteiger partial charge in [0.25, 0.3) is 7.52 Å². The average Bonchev–Trinajstić information content (AvgIpc) is 2.66. The Hall–Kier alpha value is -2.40. The standard InChI is InChI=1S/C20H22N3O3P/c1-3-26-27(2,25)23-14-18(10-16-6-4-8-21-12-16)20(24)19(15-23)11-17-7-5-9-22-13-17/h4-13H,3,14-15H2,1-2H3/b18-10+,19-11+. The van der Waals surface area contributed by atoms with Crippen LogP contribution in [-0.2, 0) is 13.9 Å². The molecule has 1 fully saturated rings. The van der Waals surface area contributed by atoms with E-state index in [4.69, 9.17) is 4.52 Å². The number of aromatic nitrogens is 2. The van der Waals surface area contributed by atoms with Gasteiger partial charge in [-0.3, -0.25) is 19.3 Å². The van der Waals surface area contributed by atoms with E-state index in [2.05, 4.69) is 9.97 Å². The molecule has 1 aliphatic heterocycles. The summed E-state index contributed by atoms with van der Waals surface area (Å²) in [6.45, 7) is 4.29. The summed E-state index contributed by atoms with van der Waals surface area (Å²) in [5, 5.41) is 0. The zero-order chi connectivity index (χ0) is 19.3. The Bertz CT molecular complexity index is 849. The van der Waals surface area contributed by atoms with E-state index in [0.29, 0.717) is 17.8 Å². The molecule has 6 nitrogen and oxygen atoms in total. The van der Waals surface area contributed by atoms with Gasteiger partial charge in [-0.15, -0.1) is 0 Å². The average molecular weight is 383 g/mol. The quantitative estimate of drug-likeness (QED) is 0.579. The van der Waals surface area contributed by atoms with E-state index in [-0.39, 0.29) is 18.9 Å². The SMILES string of the molecule is CCOP(C)(=O)N1C/C(=C\c2cccnc2)C(=O)/C(=C/c2cccnc2)C1. The fourth-order valence-electron chi connectivity index (χ4n) is 2.92. The van der Waals surface area contributed by atoms with Gasteiger partial charge in [-0.05, 0) is 42.3 Å². The summed E-state index contributed by atoms with van der Waals surface area (Å²) in [5.41, 5.74) is 2.77. The zero-order valence-corrected chi connectivity index (χ0v) is 16.3. The highest BCUT2D eigenvalue weighted by atomic mass is 31.2. The van der Waals surface area contributed by atoms with Gasteiger partial charge in [0, 0.05) is 55.7 Å². The third-order valence-electron chi connectivity index (χ3n) is 4.22. The van der Waals surface area contributed by atoms with Crippen molar-refractivity contribution < 1.29 is 13.9 Å². The molecule has 0 saturated carbocycles. The van der Waals surface area contributed by atoms with Gasteiger partial charge in [0.05, 0.1) is 6.61 Å². The number of carbonyl (C=O) groups excluding carboxylic acids is 1. The van der Waals surface area contributed by atoms with Crippen LogP contribution in [0.25, 0.3) is 12.2 Å². The van der Waals surface area contributed by atoms with Gasteiger partial charge in [0.15, 0.2) is 5.78 Å². The number of ketones is 1. The molecule has 1 aliphatic rings. The number of hydrogen-bond acceptors (Lipinski definition) is 5. The summed E-state index contributed by atoms with van der Waals surface area (Å²) >= 11 is 0. The first-order valence-corrected chi connectivity index (χ1v) is 10.8. The van der Waals surface area contributed by atoms with E-state index in [1.54, 1.807) is 48.3 Å². The Morgan fingerprint density at radius 3 is 2.00 bits per heavy atom. The maximum atomic E-state index is 13.0. The van der Waals surface area contributed by atoms with Crippen molar-refractivity contribution in [1.29, 1.82) is 0 Å². The largest absolute Gasteiger partial charge is 0.318 e. The molecule has 0 bridgehead atoms. The first kappa shape index (κ1) is 19.4. The number of piperidine rings is 1. The molecule has 0 radical (unpaired) electrons. The van der Waals surface area contributed by atoms with Crippen LogP contribution in [0.4, 0.5) is 0 Å². The van der Waals surface area contributed by atoms with Crippen molar-refractivity contribution >= 4 is 25.5 Å². The van der Waals surface area contributed by atoms with Crippen LogP contribution in [0.1, 0.15) is 18.1 Å². The first-order chi connectivity index (χ1) is 13.0. The second-order valence-electron chi connectivity index (χ2n) is 6.28. The number of nitrogens with zero attached hydrogens (tertiary/aromatic N) is 3. The summed E-state index contributed by atoms with van der Waals surface area (Å²) < 4.78 is 20.2. The summed E-state index contributed by atoms with van der Waals surface area (Å²) in [5.74, 6) is -0.0598. The topological polar surface area (TPSA) is 72.4 Å². The second-order valence-corrected chi connectivity index (χ2v) is 8.71. The van der Waals surface area contributed by atoms with Crippen molar-refractivity contribution in [1.82, 2.24) is 14.6 Å². The summed E-state index contributed by atoms with van der Waals surface area (Å²) in [6.07, 6.45) is 10.3. The number of rotatable bonds is 5. The Balaban J connectivity index is 2.00. The lowest BCUT2D eigenvalue weighted by atomic mass is 9.96. The number of pyridine rings is 2. The Morgan fingerprint density at radius 2 is 1.59 bits per heavy atom. The summed E-state index contributed by atoms with van der Waals surface area (Å²) in [4.78, 5) is 21.2. The molecule has 27 heavy (non-hydrogen) atoms. The van der Waals surface area contributed by atoms with Crippen LogP contribution in [-0.4, -0.2) is 46.8 Å². The number of hydrogen-bond donors (Lipinski definition) is 0. The van der Waals surface area contributed by atoms with Gasteiger partial charge in [-0.1, -0.05) is 12.1 Å². The van der Waals surface area contributed by atoms with E-state index in [1.807, 2.05) is 31.2 Å². The van der Waals surface area contributed by atoms with Crippen LogP contribution >= 0.6 is 7.52 Å². The van der Waals surface area contributed by atoms with E-state index in [0.717, 1.165) is 11.1 Å². The van der Waals surface area contributed by atoms with Crippen LogP contribution in [0.5, 0.6) is 0 Å². The molecule has 1 atom stereocenters. The highest BCUT2D eigenvalue weighted by Crippen LogP contribution is 2.49. The minimum absolute atomic E-state index is 0.0598. The van der Waals surface area contributed by atoms with Gasteiger partial charge in [-0.2, -0.15) is 0 Å². The molecule has 1 unspecified atom stereocenters. The van der Waals surface area contributed by atoms with Crippen LogP contribution in [0.3, 0.4) is 0 Å². The normalized spacial score (nSPS) is 20.7. The molecule has 7 heteroatoms. The van der Waals surface area contributed by atoms with Crippen molar-refractivity contribution in [3.63, 3.8) is 0 Å². The van der Waals surface area contributed by atoms with Crippen LogP contribution in [0.2, 0.25) is 0 Å². The number of Topliss-reactive ketones (excluding diaryl/α,β-unsaturated/α-hetero) is 1. The first-order valence-electron chi connectivity index (χ1n) is 8.73. The van der Waals surface area contributed by atoms with Gasteiger partial charge >= 0.3 is 0 Å². The number of carbonyl (C=O) groups is 1. The van der Waals surface area contributed by atoms with E-state index >= 15 is 0 Å². The molecule has 0 aromatic carbocycles. The van der Waals surface area contributed by atoms with Crippen molar-refractivity contribution in [3.8, 4) is 0 Å². The Morgan fingerprint density at radius 1 is 1.07 bits per heavy atom. The van der Waals surface area contributed by atoms with Gasteiger partial charge < -0.3 is 4.52 Å². The fraction of sp³-hybridized carbons (Fsp3) is 0.250. The van der Waals surface area contributed by atoms with Crippen molar-refractivity contribution in [2.45, 2.75) is 6.92 Å². The Kier molecular flexibility index (Phi) is 6.11. The molecule has 3 rings (SSSR count). The zero-order valence-electron chi connectivity index (χ0n) is 15.4. The van der Waals surface area contributed by atoms with Crippen molar-refractivity contribution in [2.75, 3.05) is 26.4 Å². The lowest BCUT2D eigenvalue weighted by Crippen LogP contribution is -2.35. The minimum atomic E-state index is -3.01. The molecular formula is C20H22N3O3P. The molecule has 0 N–H and O–H groups in total. The van der Waals surface area contributed by atoms with Crippen LogP contribution < -0.4 is 0 Å².